The van der Waals surface area contributed by atoms with E-state index >= 15 is 0 Å². The van der Waals surface area contributed by atoms with Gasteiger partial charge in [-0.2, -0.15) is 4.68 Å². The molecule has 0 radical (unpaired) electrons. The van der Waals surface area contributed by atoms with Gasteiger partial charge < -0.3 is 14.8 Å². The normalized spacial score (nSPS) is 11.2. The number of methoxy groups -OCH3 is 1. The maximum absolute atomic E-state index is 12.2. The van der Waals surface area contributed by atoms with Gasteiger partial charge in [0.15, 0.2) is 0 Å². The third-order valence-corrected chi connectivity index (χ3v) is 4.38. The first kappa shape index (κ1) is 20.5. The van der Waals surface area contributed by atoms with Crippen molar-refractivity contribution in [1.82, 2.24) is 20.2 Å². The molecule has 12 heteroatoms. The first-order valence-electron chi connectivity index (χ1n) is 8.05. The molecule has 0 aliphatic heterocycles. The van der Waals surface area contributed by atoms with Crippen molar-refractivity contribution in [3.05, 3.63) is 48.5 Å². The predicted octanol–water partition coefficient (Wildman–Crippen LogP) is 3.30. The number of aromatic nitrogens is 4. The van der Waals surface area contributed by atoms with Crippen LogP contribution in [0.25, 0.3) is 5.69 Å². The highest BCUT2D eigenvalue weighted by Gasteiger charge is 2.30. The maximum atomic E-state index is 12.2. The summed E-state index contributed by atoms with van der Waals surface area (Å²) in [5, 5.41) is 14.4. The lowest BCUT2D eigenvalue weighted by Crippen LogP contribution is -2.17. The highest BCUT2D eigenvalue weighted by atomic mass is 32.2. The Labute approximate surface area is 167 Å². The molecule has 1 N–H and O–H groups in total. The van der Waals surface area contributed by atoms with E-state index in [0.717, 1.165) is 23.9 Å². The molecule has 1 aromatic heterocycles. The number of benzene rings is 2. The summed E-state index contributed by atoms with van der Waals surface area (Å²) in [6.07, 6.45) is -4.77. The van der Waals surface area contributed by atoms with Gasteiger partial charge in [-0.25, -0.2) is 0 Å². The van der Waals surface area contributed by atoms with Crippen LogP contribution in [0.1, 0.15) is 0 Å². The number of carbonyl (C=O) groups excluding carboxylic acids is 1. The van der Waals surface area contributed by atoms with Gasteiger partial charge in [-0.3, -0.25) is 4.79 Å². The topological polar surface area (TPSA) is 91.2 Å². The number of carbonyl (C=O) groups is 1. The van der Waals surface area contributed by atoms with Gasteiger partial charge in [-0.1, -0.05) is 11.8 Å². The minimum atomic E-state index is -4.77. The molecule has 2 aromatic carbocycles. The summed E-state index contributed by atoms with van der Waals surface area (Å²) in [6, 6.07) is 11.9. The number of anilines is 1. The molecule has 0 unspecified atom stereocenters. The maximum Gasteiger partial charge on any atom is 0.573 e. The summed E-state index contributed by atoms with van der Waals surface area (Å²) >= 11 is 1.11. The first-order chi connectivity index (χ1) is 13.8. The van der Waals surface area contributed by atoms with E-state index in [1.54, 1.807) is 31.4 Å². The minimum absolute atomic E-state index is 0.00265. The van der Waals surface area contributed by atoms with Crippen LogP contribution in [0.5, 0.6) is 11.5 Å². The van der Waals surface area contributed by atoms with Crippen molar-refractivity contribution in [2.45, 2.75) is 11.5 Å². The van der Waals surface area contributed by atoms with Gasteiger partial charge in [0.25, 0.3) is 0 Å². The Morgan fingerprint density at radius 2 is 1.76 bits per heavy atom. The number of tetrazole rings is 1. The molecule has 8 nitrogen and oxygen atoms in total. The molecule has 0 saturated heterocycles. The SMILES string of the molecule is COc1ccc(-n2nnnc2SCC(=O)Nc2ccc(OC(F)(F)F)cc2)cc1. The highest BCUT2D eigenvalue weighted by Crippen LogP contribution is 2.24. The third-order valence-electron chi connectivity index (χ3n) is 3.46. The molecule has 3 rings (SSSR count). The largest absolute Gasteiger partial charge is 0.573 e. The Morgan fingerprint density at radius 1 is 1.10 bits per heavy atom. The number of ether oxygens (including phenoxy) is 2. The molecule has 0 saturated carbocycles. The van der Waals surface area contributed by atoms with Gasteiger partial charge in [0.1, 0.15) is 11.5 Å². The summed E-state index contributed by atoms with van der Waals surface area (Å²) in [7, 11) is 1.56. The van der Waals surface area contributed by atoms with Crippen LogP contribution in [0.2, 0.25) is 0 Å². The van der Waals surface area contributed by atoms with Gasteiger partial charge in [0.05, 0.1) is 18.6 Å². The number of alkyl halides is 3. The highest BCUT2D eigenvalue weighted by molar-refractivity contribution is 7.99. The number of hydrogen-bond donors (Lipinski definition) is 1. The van der Waals surface area contributed by atoms with E-state index in [4.69, 9.17) is 4.74 Å². The Bertz CT molecular complexity index is 962. The molecule has 1 heterocycles. The molecule has 152 valence electrons. The zero-order valence-corrected chi connectivity index (χ0v) is 15.7. The zero-order valence-electron chi connectivity index (χ0n) is 14.9. The van der Waals surface area contributed by atoms with Crippen LogP contribution >= 0.6 is 11.8 Å². The smallest absolute Gasteiger partial charge is 0.497 e. The monoisotopic (exact) mass is 425 g/mol. The Hall–Kier alpha value is -3.28. The van der Waals surface area contributed by atoms with Crippen molar-refractivity contribution in [2.75, 3.05) is 18.2 Å². The van der Waals surface area contributed by atoms with Crippen LogP contribution in [-0.4, -0.2) is 45.3 Å². The number of amides is 1. The quantitative estimate of drug-likeness (QED) is 0.581. The fourth-order valence-electron chi connectivity index (χ4n) is 2.22. The van der Waals surface area contributed by atoms with Crippen LogP contribution in [0.15, 0.2) is 53.7 Å². The standard InChI is InChI=1S/C17H14F3N5O3S/c1-27-13-8-4-12(5-9-13)25-16(22-23-24-25)29-10-15(26)21-11-2-6-14(7-3-11)28-17(18,19)20/h2-9H,10H2,1H3,(H,21,26). The zero-order chi connectivity index (χ0) is 20.9. The van der Waals surface area contributed by atoms with E-state index in [0.29, 0.717) is 22.3 Å². The Balaban J connectivity index is 1.57. The molecular weight excluding hydrogens is 411 g/mol. The number of hydrogen-bond acceptors (Lipinski definition) is 7. The lowest BCUT2D eigenvalue weighted by Gasteiger charge is -2.10. The number of nitrogens with zero attached hydrogens (tertiary/aromatic N) is 4. The molecular formula is C17H14F3N5O3S. The number of halogens is 3. The number of thioether (sulfide) groups is 1. The van der Waals surface area contributed by atoms with E-state index < -0.39 is 6.36 Å². The average molecular weight is 425 g/mol. The van der Waals surface area contributed by atoms with E-state index in [9.17, 15) is 18.0 Å². The molecule has 0 aliphatic carbocycles. The van der Waals surface area contributed by atoms with E-state index in [1.807, 2.05) is 0 Å². The molecule has 0 fully saturated rings. The van der Waals surface area contributed by atoms with Crippen molar-refractivity contribution in [2.24, 2.45) is 0 Å². The second-order valence-electron chi connectivity index (χ2n) is 5.48. The fourth-order valence-corrected chi connectivity index (χ4v) is 2.91. The summed E-state index contributed by atoms with van der Waals surface area (Å²) in [4.78, 5) is 12.1. The summed E-state index contributed by atoms with van der Waals surface area (Å²) in [6.45, 7) is 0. The number of nitrogens with one attached hydrogen (secondary N) is 1. The summed E-state index contributed by atoms with van der Waals surface area (Å²) in [5.74, 6) is -0.0634. The molecule has 3 aromatic rings. The average Bonchev–Trinajstić information content (AvgIpc) is 3.15. The van der Waals surface area contributed by atoms with Gasteiger partial charge in [0, 0.05) is 5.69 Å². The molecule has 0 bridgehead atoms. The van der Waals surface area contributed by atoms with Crippen molar-refractivity contribution in [1.29, 1.82) is 0 Å². The Kier molecular flexibility index (Phi) is 6.22. The second-order valence-corrected chi connectivity index (χ2v) is 6.42. The van der Waals surface area contributed by atoms with Crippen LogP contribution in [0.4, 0.5) is 18.9 Å². The van der Waals surface area contributed by atoms with E-state index in [1.165, 1.54) is 16.8 Å². The van der Waals surface area contributed by atoms with Crippen molar-refractivity contribution < 1.29 is 27.4 Å². The minimum Gasteiger partial charge on any atom is -0.497 e. The summed E-state index contributed by atoms with van der Waals surface area (Å²) < 4.78 is 46.8. The molecule has 0 aliphatic rings. The van der Waals surface area contributed by atoms with Crippen LogP contribution in [0.3, 0.4) is 0 Å². The fraction of sp³-hybridized carbons (Fsp3) is 0.176. The third kappa shape index (κ3) is 5.85. The van der Waals surface area contributed by atoms with Gasteiger partial charge in [-0.05, 0) is 59.0 Å². The first-order valence-corrected chi connectivity index (χ1v) is 9.04. The van der Waals surface area contributed by atoms with E-state index in [2.05, 4.69) is 25.6 Å². The van der Waals surface area contributed by atoms with Crippen LogP contribution < -0.4 is 14.8 Å². The van der Waals surface area contributed by atoms with Gasteiger partial charge in [-0.15, -0.1) is 18.3 Å². The van der Waals surface area contributed by atoms with E-state index in [-0.39, 0.29) is 17.4 Å². The number of rotatable bonds is 7. The lowest BCUT2D eigenvalue weighted by molar-refractivity contribution is -0.274. The van der Waals surface area contributed by atoms with Crippen LogP contribution in [0, 0.1) is 0 Å². The van der Waals surface area contributed by atoms with Crippen LogP contribution in [-0.2, 0) is 4.79 Å². The van der Waals surface area contributed by atoms with Crippen molar-refractivity contribution in [3.63, 3.8) is 0 Å². The summed E-state index contributed by atoms with van der Waals surface area (Å²) in [5.41, 5.74) is 1.03. The lowest BCUT2D eigenvalue weighted by atomic mass is 10.3. The molecule has 1 amide bonds. The van der Waals surface area contributed by atoms with Gasteiger partial charge >= 0.3 is 6.36 Å². The van der Waals surface area contributed by atoms with Gasteiger partial charge in [0.2, 0.25) is 11.1 Å². The molecule has 0 spiro atoms. The molecule has 29 heavy (non-hydrogen) atoms. The molecule has 0 atom stereocenters. The van der Waals surface area contributed by atoms with Crippen molar-refractivity contribution >= 4 is 23.4 Å². The second kappa shape index (κ2) is 8.82. The predicted molar refractivity (Wildman–Crippen MR) is 98.2 cm³/mol. The Morgan fingerprint density at radius 3 is 2.38 bits per heavy atom. The van der Waals surface area contributed by atoms with Crippen molar-refractivity contribution in [3.8, 4) is 17.2 Å².